The lowest BCUT2D eigenvalue weighted by atomic mass is 10.0. The van der Waals surface area contributed by atoms with Gasteiger partial charge in [0.1, 0.15) is 0 Å². The summed E-state index contributed by atoms with van der Waals surface area (Å²) in [7, 11) is 0. The molecule has 1 saturated heterocycles. The smallest absolute Gasteiger partial charge is 0.379 e. The highest BCUT2D eigenvalue weighted by atomic mass is 19.4. The van der Waals surface area contributed by atoms with Gasteiger partial charge in [-0.2, -0.15) is 31.6 Å². The lowest BCUT2D eigenvalue weighted by molar-refractivity contribution is -0.250. The van der Waals surface area contributed by atoms with Crippen LogP contribution in [0.25, 0.3) is 0 Å². The molecule has 1 aliphatic heterocycles. The zero-order chi connectivity index (χ0) is 16.8. The van der Waals surface area contributed by atoms with Crippen molar-refractivity contribution in [1.29, 1.82) is 5.26 Å². The summed E-state index contributed by atoms with van der Waals surface area (Å²) in [6.45, 7) is -1.40. The van der Waals surface area contributed by atoms with Crippen molar-refractivity contribution in [3.63, 3.8) is 0 Å². The van der Waals surface area contributed by atoms with E-state index >= 15 is 0 Å². The first-order valence-corrected chi connectivity index (χ1v) is 6.13. The Morgan fingerprint density at radius 2 is 1.82 bits per heavy atom. The van der Waals surface area contributed by atoms with Gasteiger partial charge in [-0.25, -0.2) is 0 Å². The Morgan fingerprint density at radius 3 is 2.27 bits per heavy atom. The molecule has 1 heterocycles. The van der Waals surface area contributed by atoms with E-state index in [4.69, 9.17) is 5.26 Å². The number of aliphatic hydroxyl groups is 1. The maximum Gasteiger partial charge on any atom is 0.418 e. The Hall–Kier alpha value is -1.95. The van der Waals surface area contributed by atoms with Gasteiger partial charge >= 0.3 is 12.4 Å². The number of rotatable bonds is 1. The van der Waals surface area contributed by atoms with E-state index in [1.54, 1.807) is 6.07 Å². The normalized spacial score (nSPS) is 22.7. The number of nitrogens with zero attached hydrogens (tertiary/aromatic N) is 2. The van der Waals surface area contributed by atoms with Crippen LogP contribution in [-0.4, -0.2) is 30.0 Å². The van der Waals surface area contributed by atoms with Crippen LogP contribution in [0.4, 0.5) is 32.0 Å². The van der Waals surface area contributed by atoms with E-state index in [-0.39, 0.29) is 5.56 Å². The first kappa shape index (κ1) is 16.4. The molecule has 0 saturated carbocycles. The van der Waals surface area contributed by atoms with Gasteiger partial charge in [0.05, 0.1) is 29.4 Å². The fraction of sp³-hybridized carbons (Fsp3) is 0.462. The highest BCUT2D eigenvalue weighted by Gasteiger charge is 2.57. The fourth-order valence-corrected chi connectivity index (χ4v) is 2.33. The van der Waals surface area contributed by atoms with E-state index in [1.165, 1.54) is 0 Å². The molecule has 0 amide bonds. The number of hydrogen-bond acceptors (Lipinski definition) is 3. The largest absolute Gasteiger partial charge is 0.418 e. The van der Waals surface area contributed by atoms with E-state index in [0.29, 0.717) is 6.07 Å². The molecule has 1 unspecified atom stereocenters. The fourth-order valence-electron chi connectivity index (χ4n) is 2.33. The first-order valence-electron chi connectivity index (χ1n) is 6.13. The van der Waals surface area contributed by atoms with Crippen LogP contribution >= 0.6 is 0 Å². The summed E-state index contributed by atoms with van der Waals surface area (Å²) in [6.07, 6.45) is -10.4. The van der Waals surface area contributed by atoms with Crippen molar-refractivity contribution in [2.24, 2.45) is 0 Å². The molecule has 1 aromatic carbocycles. The van der Waals surface area contributed by atoms with Crippen LogP contribution in [0.15, 0.2) is 18.2 Å². The van der Waals surface area contributed by atoms with Gasteiger partial charge in [0.25, 0.3) is 0 Å². The molecule has 1 atom stereocenters. The van der Waals surface area contributed by atoms with Gasteiger partial charge in [0.2, 0.25) is 0 Å². The van der Waals surface area contributed by atoms with Crippen molar-refractivity contribution in [2.45, 2.75) is 24.4 Å². The van der Waals surface area contributed by atoms with Crippen LogP contribution in [0, 0.1) is 11.3 Å². The molecule has 1 aliphatic rings. The predicted octanol–water partition coefficient (Wildman–Crippen LogP) is 3.08. The molecular weight excluding hydrogens is 314 g/mol. The summed E-state index contributed by atoms with van der Waals surface area (Å²) in [6, 6.07) is 4.12. The second kappa shape index (κ2) is 5.05. The SMILES string of the molecule is N#Cc1ccc(C(F)(F)F)c(N2CCC(O)(C(F)(F)F)C2)c1. The average molecular weight is 324 g/mol. The van der Waals surface area contributed by atoms with Crippen molar-refractivity contribution in [1.82, 2.24) is 0 Å². The van der Waals surface area contributed by atoms with Crippen molar-refractivity contribution in [3.05, 3.63) is 29.3 Å². The van der Waals surface area contributed by atoms with Crippen molar-refractivity contribution >= 4 is 5.69 Å². The minimum absolute atomic E-state index is 0.106. The van der Waals surface area contributed by atoms with Crippen LogP contribution < -0.4 is 4.90 Å². The number of anilines is 1. The Kier molecular flexibility index (Phi) is 3.77. The summed E-state index contributed by atoms with van der Waals surface area (Å²) < 4.78 is 77.2. The van der Waals surface area contributed by atoms with Gasteiger partial charge in [-0.05, 0) is 18.2 Å². The average Bonchev–Trinajstić information content (AvgIpc) is 2.80. The Labute approximate surface area is 121 Å². The Morgan fingerprint density at radius 1 is 1.18 bits per heavy atom. The van der Waals surface area contributed by atoms with Gasteiger partial charge in [-0.3, -0.25) is 0 Å². The Bertz CT molecular complexity index is 618. The molecule has 1 aromatic rings. The zero-order valence-electron chi connectivity index (χ0n) is 11.0. The monoisotopic (exact) mass is 324 g/mol. The standard InChI is InChI=1S/C13H10F6N2O/c14-12(15,16)9-2-1-8(6-20)5-10(9)21-4-3-11(22,7-21)13(17,18)19/h1-2,5,22H,3-4,7H2. The van der Waals surface area contributed by atoms with Gasteiger partial charge in [0.15, 0.2) is 5.60 Å². The van der Waals surface area contributed by atoms with E-state index in [9.17, 15) is 31.4 Å². The molecule has 1 fully saturated rings. The third-order valence-electron chi connectivity index (χ3n) is 3.55. The molecule has 120 valence electrons. The molecule has 3 nitrogen and oxygen atoms in total. The number of nitriles is 1. The number of benzene rings is 1. The molecule has 0 radical (unpaired) electrons. The van der Waals surface area contributed by atoms with Crippen LogP contribution in [0.1, 0.15) is 17.5 Å². The van der Waals surface area contributed by atoms with E-state index in [0.717, 1.165) is 17.0 Å². The zero-order valence-corrected chi connectivity index (χ0v) is 11.0. The van der Waals surface area contributed by atoms with E-state index < -0.39 is 48.7 Å². The molecule has 22 heavy (non-hydrogen) atoms. The molecule has 2 rings (SSSR count). The van der Waals surface area contributed by atoms with Gasteiger partial charge < -0.3 is 10.0 Å². The lowest BCUT2D eigenvalue weighted by Gasteiger charge is -2.28. The summed E-state index contributed by atoms with van der Waals surface area (Å²) in [5, 5.41) is 18.3. The van der Waals surface area contributed by atoms with E-state index in [2.05, 4.69) is 0 Å². The molecule has 1 N–H and O–H groups in total. The molecular formula is C13H10F6N2O. The number of halogens is 6. The van der Waals surface area contributed by atoms with Crippen molar-refractivity contribution in [3.8, 4) is 6.07 Å². The second-order valence-corrected chi connectivity index (χ2v) is 5.04. The first-order chi connectivity index (χ1) is 9.98. The summed E-state index contributed by atoms with van der Waals surface area (Å²) in [4.78, 5) is 0.803. The summed E-state index contributed by atoms with van der Waals surface area (Å²) in [5.41, 5.74) is -4.84. The van der Waals surface area contributed by atoms with Gasteiger partial charge in [0, 0.05) is 13.0 Å². The van der Waals surface area contributed by atoms with Crippen LogP contribution in [0.3, 0.4) is 0 Å². The summed E-state index contributed by atoms with van der Waals surface area (Å²) >= 11 is 0. The van der Waals surface area contributed by atoms with Crippen molar-refractivity contribution in [2.75, 3.05) is 18.0 Å². The molecule has 0 bridgehead atoms. The molecule has 9 heteroatoms. The highest BCUT2D eigenvalue weighted by molar-refractivity contribution is 5.60. The van der Waals surface area contributed by atoms with Crippen LogP contribution in [-0.2, 0) is 6.18 Å². The second-order valence-electron chi connectivity index (χ2n) is 5.04. The maximum atomic E-state index is 13.0. The predicted molar refractivity (Wildman–Crippen MR) is 64.0 cm³/mol. The number of β-amino-alcohol motifs (C(OH)–C–C–N with tert-alkyl or cyclic N) is 1. The van der Waals surface area contributed by atoms with Gasteiger partial charge in [-0.15, -0.1) is 0 Å². The van der Waals surface area contributed by atoms with E-state index in [1.807, 2.05) is 0 Å². The maximum absolute atomic E-state index is 13.0. The summed E-state index contributed by atoms with van der Waals surface area (Å²) in [5.74, 6) is 0. The molecule has 0 aromatic heterocycles. The molecule has 0 aliphatic carbocycles. The third-order valence-corrected chi connectivity index (χ3v) is 3.55. The molecule has 0 spiro atoms. The quantitative estimate of drug-likeness (QED) is 0.808. The van der Waals surface area contributed by atoms with Crippen molar-refractivity contribution < 1.29 is 31.4 Å². The number of hydrogen-bond donors (Lipinski definition) is 1. The van der Waals surface area contributed by atoms with Crippen LogP contribution in [0.2, 0.25) is 0 Å². The van der Waals surface area contributed by atoms with Crippen LogP contribution in [0.5, 0.6) is 0 Å². The third kappa shape index (κ3) is 2.83. The highest BCUT2D eigenvalue weighted by Crippen LogP contribution is 2.43. The lowest BCUT2D eigenvalue weighted by Crippen LogP contribution is -2.47. The minimum Gasteiger partial charge on any atom is -0.379 e. The topological polar surface area (TPSA) is 47.3 Å². The van der Waals surface area contributed by atoms with Gasteiger partial charge in [-0.1, -0.05) is 0 Å². The number of alkyl halides is 6. The minimum atomic E-state index is -4.94. The Balaban J connectivity index is 2.44.